The van der Waals surface area contributed by atoms with E-state index in [9.17, 15) is 18.0 Å². The minimum atomic E-state index is -3.25. The molecule has 0 aliphatic carbocycles. The maximum absolute atomic E-state index is 12.3. The summed E-state index contributed by atoms with van der Waals surface area (Å²) in [5.74, 6) is -0.202. The van der Waals surface area contributed by atoms with Gasteiger partial charge in [0.05, 0.1) is 22.7 Å². The first-order valence-corrected chi connectivity index (χ1v) is 11.0. The first-order valence-electron chi connectivity index (χ1n) is 8.28. The second-order valence-electron chi connectivity index (χ2n) is 6.26. The van der Waals surface area contributed by atoms with Crippen LogP contribution in [0.1, 0.15) is 24.9 Å². The van der Waals surface area contributed by atoms with E-state index in [4.69, 9.17) is 0 Å². The summed E-state index contributed by atoms with van der Waals surface area (Å²) in [4.78, 5) is 29.7. The van der Waals surface area contributed by atoms with Crippen LogP contribution in [0.5, 0.6) is 0 Å². The lowest BCUT2D eigenvalue weighted by molar-refractivity contribution is -0.121. The van der Waals surface area contributed by atoms with Crippen molar-refractivity contribution in [2.75, 3.05) is 6.26 Å². The SMILES string of the molecule is CC(NC(=O)CCn1cnc2sccc2c1=O)c1ccc(S(C)(=O)=O)cc1. The monoisotopic (exact) mass is 405 g/mol. The Hall–Kier alpha value is -2.52. The highest BCUT2D eigenvalue weighted by molar-refractivity contribution is 7.90. The van der Waals surface area contributed by atoms with Crippen LogP contribution in [0.4, 0.5) is 0 Å². The molecule has 0 saturated heterocycles. The molecule has 2 heterocycles. The normalized spacial score (nSPS) is 12.8. The molecule has 1 N–H and O–H groups in total. The molecule has 27 heavy (non-hydrogen) atoms. The van der Waals surface area contributed by atoms with Crippen LogP contribution in [0.2, 0.25) is 0 Å². The lowest BCUT2D eigenvalue weighted by Gasteiger charge is -2.15. The first kappa shape index (κ1) is 19.2. The van der Waals surface area contributed by atoms with Gasteiger partial charge in [-0.2, -0.15) is 0 Å². The highest BCUT2D eigenvalue weighted by Crippen LogP contribution is 2.16. The number of carbonyl (C=O) groups is 1. The van der Waals surface area contributed by atoms with Gasteiger partial charge in [-0.3, -0.25) is 14.2 Å². The largest absolute Gasteiger partial charge is 0.350 e. The molecule has 1 aromatic carbocycles. The maximum atomic E-state index is 12.3. The zero-order valence-electron chi connectivity index (χ0n) is 14.9. The minimum Gasteiger partial charge on any atom is -0.350 e. The second-order valence-corrected chi connectivity index (χ2v) is 9.17. The van der Waals surface area contributed by atoms with Gasteiger partial charge in [-0.15, -0.1) is 11.3 Å². The van der Waals surface area contributed by atoms with Crippen LogP contribution >= 0.6 is 11.3 Å². The smallest absolute Gasteiger partial charge is 0.262 e. The molecule has 0 radical (unpaired) electrons. The van der Waals surface area contributed by atoms with Crippen molar-refractivity contribution in [3.05, 3.63) is 58.0 Å². The summed E-state index contributed by atoms with van der Waals surface area (Å²) < 4.78 is 24.4. The van der Waals surface area contributed by atoms with Crippen LogP contribution in [-0.2, 0) is 21.2 Å². The molecule has 0 spiro atoms. The number of rotatable bonds is 6. The van der Waals surface area contributed by atoms with E-state index in [0.717, 1.165) is 11.8 Å². The molecule has 1 amide bonds. The fourth-order valence-electron chi connectivity index (χ4n) is 2.68. The van der Waals surface area contributed by atoms with Crippen molar-refractivity contribution in [3.63, 3.8) is 0 Å². The number of hydrogen-bond acceptors (Lipinski definition) is 6. The van der Waals surface area contributed by atoms with Crippen molar-refractivity contribution in [2.24, 2.45) is 0 Å². The summed E-state index contributed by atoms with van der Waals surface area (Å²) in [5.41, 5.74) is 0.646. The molecule has 3 aromatic rings. The molecule has 2 aromatic heterocycles. The van der Waals surface area contributed by atoms with Crippen LogP contribution in [-0.4, -0.2) is 30.1 Å². The molecular weight excluding hydrogens is 386 g/mol. The molecule has 142 valence electrons. The maximum Gasteiger partial charge on any atom is 0.262 e. The summed E-state index contributed by atoms with van der Waals surface area (Å²) >= 11 is 1.40. The van der Waals surface area contributed by atoms with Gasteiger partial charge in [-0.1, -0.05) is 12.1 Å². The third-order valence-corrected chi connectivity index (χ3v) is 6.17. The van der Waals surface area contributed by atoms with Crippen molar-refractivity contribution >= 4 is 37.3 Å². The number of fused-ring (bicyclic) bond motifs is 1. The Kier molecular flexibility index (Phi) is 5.43. The van der Waals surface area contributed by atoms with E-state index in [1.807, 2.05) is 12.3 Å². The molecule has 0 aliphatic rings. The van der Waals surface area contributed by atoms with Crippen molar-refractivity contribution in [2.45, 2.75) is 30.8 Å². The zero-order valence-corrected chi connectivity index (χ0v) is 16.5. The van der Waals surface area contributed by atoms with E-state index in [1.165, 1.54) is 34.4 Å². The Balaban J connectivity index is 1.61. The molecule has 3 rings (SSSR count). The Labute approximate surface area is 160 Å². The van der Waals surface area contributed by atoms with Crippen molar-refractivity contribution in [3.8, 4) is 0 Å². The van der Waals surface area contributed by atoms with Gasteiger partial charge in [-0.25, -0.2) is 13.4 Å². The van der Waals surface area contributed by atoms with E-state index < -0.39 is 9.84 Å². The van der Waals surface area contributed by atoms with E-state index >= 15 is 0 Å². The predicted molar refractivity (Wildman–Crippen MR) is 105 cm³/mol. The Bertz CT molecular complexity index is 1130. The molecule has 9 heteroatoms. The fraction of sp³-hybridized carbons (Fsp3) is 0.278. The average molecular weight is 406 g/mol. The zero-order chi connectivity index (χ0) is 19.6. The molecule has 7 nitrogen and oxygen atoms in total. The van der Waals surface area contributed by atoms with Crippen molar-refractivity contribution in [1.82, 2.24) is 14.9 Å². The molecule has 0 bridgehead atoms. The lowest BCUT2D eigenvalue weighted by atomic mass is 10.1. The summed E-state index contributed by atoms with van der Waals surface area (Å²) in [5, 5.41) is 5.22. The molecule has 1 unspecified atom stereocenters. The highest BCUT2D eigenvalue weighted by atomic mass is 32.2. The highest BCUT2D eigenvalue weighted by Gasteiger charge is 2.13. The topological polar surface area (TPSA) is 98.1 Å². The number of nitrogens with one attached hydrogen (secondary N) is 1. The van der Waals surface area contributed by atoms with Gasteiger partial charge >= 0.3 is 0 Å². The molecular formula is C18H19N3O4S2. The van der Waals surface area contributed by atoms with Gasteiger partial charge < -0.3 is 5.32 Å². The molecule has 1 atom stereocenters. The van der Waals surface area contributed by atoms with Crippen LogP contribution in [0.25, 0.3) is 10.2 Å². The summed E-state index contributed by atoms with van der Waals surface area (Å²) in [7, 11) is -3.25. The van der Waals surface area contributed by atoms with Gasteiger partial charge in [0, 0.05) is 19.2 Å². The summed E-state index contributed by atoms with van der Waals surface area (Å²) in [6.07, 6.45) is 2.75. The Morgan fingerprint density at radius 2 is 1.96 bits per heavy atom. The standard InChI is InChI=1S/C18H19N3O4S2/c1-12(13-3-5-14(6-4-13)27(2,24)25)20-16(22)7-9-21-11-19-17-15(18(21)23)8-10-26-17/h3-6,8,10-12H,7,9H2,1-2H3,(H,20,22). The number of sulfone groups is 1. The van der Waals surface area contributed by atoms with Gasteiger partial charge in [0.2, 0.25) is 5.91 Å². The lowest BCUT2D eigenvalue weighted by Crippen LogP contribution is -2.29. The predicted octanol–water partition coefficient (Wildman–Crippen LogP) is 2.13. The minimum absolute atomic E-state index is 0.142. The number of hydrogen-bond donors (Lipinski definition) is 1. The molecule has 0 aliphatic heterocycles. The van der Waals surface area contributed by atoms with Crippen LogP contribution in [0.15, 0.2) is 51.7 Å². The molecule has 0 saturated carbocycles. The van der Waals surface area contributed by atoms with Crippen LogP contribution in [0, 0.1) is 0 Å². The number of amides is 1. The Morgan fingerprint density at radius 1 is 1.26 bits per heavy atom. The van der Waals surface area contributed by atoms with Crippen LogP contribution in [0.3, 0.4) is 0 Å². The van der Waals surface area contributed by atoms with Gasteiger partial charge in [0.1, 0.15) is 4.83 Å². The Morgan fingerprint density at radius 3 is 2.63 bits per heavy atom. The van der Waals surface area contributed by atoms with E-state index in [2.05, 4.69) is 10.3 Å². The van der Waals surface area contributed by atoms with Gasteiger partial charge in [0.15, 0.2) is 9.84 Å². The number of aromatic nitrogens is 2. The number of nitrogens with zero attached hydrogens (tertiary/aromatic N) is 2. The third-order valence-electron chi connectivity index (χ3n) is 4.22. The fourth-order valence-corrected chi connectivity index (χ4v) is 4.03. The number of aryl methyl sites for hydroxylation is 1. The van der Waals surface area contributed by atoms with E-state index in [1.54, 1.807) is 18.2 Å². The van der Waals surface area contributed by atoms with Gasteiger partial charge in [-0.05, 0) is 36.1 Å². The van der Waals surface area contributed by atoms with E-state index in [0.29, 0.717) is 10.2 Å². The van der Waals surface area contributed by atoms with Crippen molar-refractivity contribution < 1.29 is 13.2 Å². The second kappa shape index (κ2) is 7.61. The van der Waals surface area contributed by atoms with Crippen LogP contribution < -0.4 is 10.9 Å². The quantitative estimate of drug-likeness (QED) is 0.677. The summed E-state index contributed by atoms with van der Waals surface area (Å²) in [6.45, 7) is 2.06. The summed E-state index contributed by atoms with van der Waals surface area (Å²) in [6, 6.07) is 7.86. The van der Waals surface area contributed by atoms with Gasteiger partial charge in [0.25, 0.3) is 5.56 Å². The number of benzene rings is 1. The first-order chi connectivity index (χ1) is 12.8. The third kappa shape index (κ3) is 4.42. The number of thiophene rings is 1. The van der Waals surface area contributed by atoms with Crippen molar-refractivity contribution in [1.29, 1.82) is 0 Å². The van der Waals surface area contributed by atoms with E-state index in [-0.39, 0.29) is 35.4 Å². The number of carbonyl (C=O) groups excluding carboxylic acids is 1. The molecule has 0 fully saturated rings. The average Bonchev–Trinajstić information content (AvgIpc) is 3.10.